The first-order valence-corrected chi connectivity index (χ1v) is 4.55. The second-order valence-electron chi connectivity index (χ2n) is 2.57. The molecule has 1 rings (SSSR count). The Balaban J connectivity index is 2.09. The molecule has 0 saturated heterocycles. The first-order valence-electron chi connectivity index (χ1n) is 3.61. The Labute approximate surface area is 61.7 Å². The number of rotatable bonds is 3. The van der Waals surface area contributed by atoms with Gasteiger partial charge in [0.15, 0.2) is 0 Å². The quantitative estimate of drug-likeness (QED) is 0.546. The van der Waals surface area contributed by atoms with Crippen LogP contribution in [-0.2, 0) is 0 Å². The summed E-state index contributed by atoms with van der Waals surface area (Å²) in [5, 5.41) is 1.73. The molecule has 1 unspecified atom stereocenters. The average Bonchev–Trinajstić information content (AvgIpc) is 2.50. The molecule has 0 spiro atoms. The zero-order chi connectivity index (χ0) is 6.69. The van der Waals surface area contributed by atoms with Gasteiger partial charge in [-0.25, -0.2) is 0 Å². The van der Waals surface area contributed by atoms with Gasteiger partial charge in [-0.3, -0.25) is 0 Å². The Hall–Kier alpha value is 0.0900. The molecule has 1 aliphatic carbocycles. The molecule has 0 aromatic carbocycles. The monoisotopic (exact) mass is 142 g/mol. The second kappa shape index (κ2) is 3.31. The van der Waals surface area contributed by atoms with E-state index in [1.54, 1.807) is 0 Å². The van der Waals surface area contributed by atoms with E-state index in [0.717, 1.165) is 10.5 Å². The molecule has 52 valence electrons. The summed E-state index contributed by atoms with van der Waals surface area (Å²) >= 11 is 2.10. The molecule has 1 aliphatic rings. The van der Waals surface area contributed by atoms with Gasteiger partial charge in [0.25, 0.3) is 0 Å². The van der Waals surface area contributed by atoms with Gasteiger partial charge >= 0.3 is 0 Å². The highest BCUT2D eigenvalue weighted by molar-refractivity contribution is 8.00. The molecular formula is C8H14S. The first kappa shape index (κ1) is 7.20. The zero-order valence-electron chi connectivity index (χ0n) is 6.13. The van der Waals surface area contributed by atoms with Gasteiger partial charge in [0.1, 0.15) is 0 Å². The van der Waals surface area contributed by atoms with Gasteiger partial charge in [0, 0.05) is 10.5 Å². The largest absolute Gasteiger partial charge is 0.151 e. The van der Waals surface area contributed by atoms with Crippen LogP contribution in [0.25, 0.3) is 0 Å². The Bertz CT molecular complexity index is 103. The fraction of sp³-hybridized carbons (Fsp3) is 0.750. The van der Waals surface area contributed by atoms with Crippen molar-refractivity contribution in [3.63, 3.8) is 0 Å². The first-order chi connectivity index (χ1) is 4.33. The lowest BCUT2D eigenvalue weighted by molar-refractivity contribution is 1.23. The minimum Gasteiger partial charge on any atom is -0.151 e. The lowest BCUT2D eigenvalue weighted by Crippen LogP contribution is -1.90. The van der Waals surface area contributed by atoms with Gasteiger partial charge in [0.2, 0.25) is 0 Å². The molecule has 0 nitrogen and oxygen atoms in total. The SMILES string of the molecule is CC=CC(C)SC1CC1. The molecule has 0 aromatic rings. The number of hydrogen-bond acceptors (Lipinski definition) is 1. The lowest BCUT2D eigenvalue weighted by Gasteiger charge is -2.01. The molecule has 0 radical (unpaired) electrons. The third-order valence-electron chi connectivity index (χ3n) is 1.39. The van der Waals surface area contributed by atoms with Gasteiger partial charge in [-0.1, -0.05) is 12.2 Å². The highest BCUT2D eigenvalue weighted by atomic mass is 32.2. The molecule has 0 aromatic heterocycles. The predicted octanol–water partition coefficient (Wildman–Crippen LogP) is 2.85. The predicted molar refractivity (Wildman–Crippen MR) is 44.9 cm³/mol. The van der Waals surface area contributed by atoms with Crippen LogP contribution in [0.4, 0.5) is 0 Å². The van der Waals surface area contributed by atoms with Crippen LogP contribution < -0.4 is 0 Å². The third kappa shape index (κ3) is 2.95. The summed E-state index contributed by atoms with van der Waals surface area (Å²) in [6, 6.07) is 0. The van der Waals surface area contributed by atoms with Crippen LogP contribution in [0.2, 0.25) is 0 Å². The summed E-state index contributed by atoms with van der Waals surface area (Å²) in [6.45, 7) is 4.35. The second-order valence-corrected chi connectivity index (χ2v) is 4.25. The van der Waals surface area contributed by atoms with Crippen molar-refractivity contribution in [1.29, 1.82) is 0 Å². The number of hydrogen-bond donors (Lipinski definition) is 0. The molecular weight excluding hydrogens is 128 g/mol. The standard InChI is InChI=1S/C8H14S/c1-3-4-7(2)9-8-5-6-8/h3-4,7-8H,5-6H2,1-2H3. The fourth-order valence-corrected chi connectivity index (χ4v) is 2.09. The summed E-state index contributed by atoms with van der Waals surface area (Å²) in [5.74, 6) is 0. The average molecular weight is 142 g/mol. The normalized spacial score (nSPS) is 22.9. The number of thioether (sulfide) groups is 1. The van der Waals surface area contributed by atoms with E-state index in [4.69, 9.17) is 0 Å². The van der Waals surface area contributed by atoms with E-state index in [0.29, 0.717) is 0 Å². The summed E-state index contributed by atoms with van der Waals surface area (Å²) in [7, 11) is 0. The molecule has 0 aliphatic heterocycles. The van der Waals surface area contributed by atoms with Gasteiger partial charge in [-0.05, 0) is 26.7 Å². The van der Waals surface area contributed by atoms with Crippen molar-refractivity contribution in [2.45, 2.75) is 37.2 Å². The molecule has 0 N–H and O–H groups in total. The van der Waals surface area contributed by atoms with Crippen LogP contribution in [0.3, 0.4) is 0 Å². The summed E-state index contributed by atoms with van der Waals surface area (Å²) in [5.41, 5.74) is 0. The minimum atomic E-state index is 0.738. The summed E-state index contributed by atoms with van der Waals surface area (Å²) < 4.78 is 0. The van der Waals surface area contributed by atoms with E-state index in [1.807, 2.05) is 0 Å². The van der Waals surface area contributed by atoms with E-state index >= 15 is 0 Å². The number of allylic oxidation sites excluding steroid dienone is 1. The molecule has 0 bridgehead atoms. The van der Waals surface area contributed by atoms with Crippen molar-refractivity contribution in [2.75, 3.05) is 0 Å². The minimum absolute atomic E-state index is 0.738. The lowest BCUT2D eigenvalue weighted by atomic mass is 10.4. The van der Waals surface area contributed by atoms with Gasteiger partial charge in [0.05, 0.1) is 0 Å². The van der Waals surface area contributed by atoms with E-state index in [-0.39, 0.29) is 0 Å². The fourth-order valence-electron chi connectivity index (χ4n) is 0.824. The van der Waals surface area contributed by atoms with Crippen molar-refractivity contribution >= 4 is 11.8 Å². The van der Waals surface area contributed by atoms with E-state index in [9.17, 15) is 0 Å². The van der Waals surface area contributed by atoms with Crippen LogP contribution in [0.15, 0.2) is 12.2 Å². The smallest absolute Gasteiger partial charge is 0.0201 e. The van der Waals surface area contributed by atoms with Crippen molar-refractivity contribution < 1.29 is 0 Å². The van der Waals surface area contributed by atoms with Crippen LogP contribution in [0.5, 0.6) is 0 Å². The molecule has 9 heavy (non-hydrogen) atoms. The maximum Gasteiger partial charge on any atom is 0.0201 e. The van der Waals surface area contributed by atoms with Crippen LogP contribution in [0.1, 0.15) is 26.7 Å². The highest BCUT2D eigenvalue weighted by Crippen LogP contribution is 2.36. The van der Waals surface area contributed by atoms with E-state index in [1.165, 1.54) is 12.8 Å². The van der Waals surface area contributed by atoms with Crippen LogP contribution >= 0.6 is 11.8 Å². The van der Waals surface area contributed by atoms with Crippen molar-refractivity contribution in [3.05, 3.63) is 12.2 Å². The molecule has 1 atom stereocenters. The van der Waals surface area contributed by atoms with Crippen molar-refractivity contribution in [1.82, 2.24) is 0 Å². The Morgan fingerprint density at radius 1 is 1.56 bits per heavy atom. The maximum atomic E-state index is 2.27. The van der Waals surface area contributed by atoms with Gasteiger partial charge < -0.3 is 0 Å². The molecule has 0 heterocycles. The molecule has 1 heteroatoms. The van der Waals surface area contributed by atoms with Crippen LogP contribution in [-0.4, -0.2) is 10.5 Å². The third-order valence-corrected chi connectivity index (χ3v) is 2.84. The summed E-state index contributed by atoms with van der Waals surface area (Å²) in [6.07, 6.45) is 7.31. The van der Waals surface area contributed by atoms with Crippen molar-refractivity contribution in [2.24, 2.45) is 0 Å². The van der Waals surface area contributed by atoms with Crippen LogP contribution in [0, 0.1) is 0 Å². The summed E-state index contributed by atoms with van der Waals surface area (Å²) in [4.78, 5) is 0. The van der Waals surface area contributed by atoms with E-state index < -0.39 is 0 Å². The highest BCUT2D eigenvalue weighted by Gasteiger charge is 2.22. The molecule has 1 saturated carbocycles. The topological polar surface area (TPSA) is 0 Å². The van der Waals surface area contributed by atoms with E-state index in [2.05, 4.69) is 37.8 Å². The molecule has 0 amide bonds. The maximum absolute atomic E-state index is 2.27. The Kier molecular flexibility index (Phi) is 2.65. The zero-order valence-corrected chi connectivity index (χ0v) is 6.95. The Morgan fingerprint density at radius 2 is 2.22 bits per heavy atom. The van der Waals surface area contributed by atoms with Gasteiger partial charge in [-0.15, -0.1) is 0 Å². The van der Waals surface area contributed by atoms with Crippen molar-refractivity contribution in [3.8, 4) is 0 Å². The molecule has 1 fully saturated rings. The van der Waals surface area contributed by atoms with Gasteiger partial charge in [-0.2, -0.15) is 11.8 Å². The Morgan fingerprint density at radius 3 is 2.67 bits per heavy atom.